The summed E-state index contributed by atoms with van der Waals surface area (Å²) < 4.78 is 0. The van der Waals surface area contributed by atoms with Crippen LogP contribution in [0.15, 0.2) is 24.3 Å². The molecule has 0 aliphatic carbocycles. The molecule has 1 atom stereocenters. The van der Waals surface area contributed by atoms with Gasteiger partial charge in [0.15, 0.2) is 11.4 Å². The van der Waals surface area contributed by atoms with E-state index in [0.29, 0.717) is 5.92 Å². The largest absolute Gasteiger partial charge is 0.343 e. The zero-order valence-electron chi connectivity index (χ0n) is 12.5. The van der Waals surface area contributed by atoms with Crippen molar-refractivity contribution in [2.75, 3.05) is 11.4 Å². The van der Waals surface area contributed by atoms with Crippen molar-refractivity contribution in [3.8, 4) is 0 Å². The average Bonchev–Trinajstić information content (AvgIpc) is 2.98. The van der Waals surface area contributed by atoms with Crippen LogP contribution in [0.1, 0.15) is 52.7 Å². The number of hydrogen-bond donors (Lipinski definition) is 0. The van der Waals surface area contributed by atoms with Gasteiger partial charge in [0, 0.05) is 13.1 Å². The third-order valence-electron chi connectivity index (χ3n) is 4.26. The van der Waals surface area contributed by atoms with Crippen LogP contribution in [0.2, 0.25) is 0 Å². The molecule has 2 heterocycles. The van der Waals surface area contributed by atoms with Gasteiger partial charge in [-0.15, -0.1) is 0 Å². The lowest BCUT2D eigenvalue weighted by Gasteiger charge is -2.28. The van der Waals surface area contributed by atoms with Crippen molar-refractivity contribution in [1.82, 2.24) is 4.98 Å². The number of benzene rings is 1. The number of rotatable bonds is 4. The lowest BCUT2D eigenvalue weighted by atomic mass is 10.0. The van der Waals surface area contributed by atoms with Crippen LogP contribution in [0.3, 0.4) is 0 Å². The van der Waals surface area contributed by atoms with Crippen molar-refractivity contribution in [2.24, 2.45) is 0 Å². The molecule has 1 unspecified atom stereocenters. The van der Waals surface area contributed by atoms with E-state index in [9.17, 15) is 4.79 Å². The first-order valence-electron chi connectivity index (χ1n) is 7.50. The zero-order valence-corrected chi connectivity index (χ0v) is 13.3. The van der Waals surface area contributed by atoms with E-state index in [4.69, 9.17) is 4.98 Å². The molecular weight excluding hydrogens is 280 g/mol. The van der Waals surface area contributed by atoms with Crippen molar-refractivity contribution in [3.63, 3.8) is 0 Å². The molecule has 1 aliphatic heterocycles. The van der Waals surface area contributed by atoms with E-state index in [1.54, 1.807) is 0 Å². The Labute approximate surface area is 129 Å². The third kappa shape index (κ3) is 2.72. The Morgan fingerprint density at radius 3 is 2.86 bits per heavy atom. The number of thiazole rings is 1. The van der Waals surface area contributed by atoms with Crippen LogP contribution in [-0.4, -0.2) is 17.8 Å². The molecule has 2 aromatic rings. The van der Waals surface area contributed by atoms with Gasteiger partial charge in [-0.25, -0.2) is 4.98 Å². The van der Waals surface area contributed by atoms with Gasteiger partial charge in [0.25, 0.3) is 0 Å². The van der Waals surface area contributed by atoms with E-state index in [-0.39, 0.29) is 0 Å². The van der Waals surface area contributed by atoms with Gasteiger partial charge < -0.3 is 4.90 Å². The number of fused-ring (bicyclic) bond motifs is 1. The van der Waals surface area contributed by atoms with Gasteiger partial charge in [0.05, 0.1) is 10.6 Å². The number of aromatic nitrogens is 1. The second-order valence-electron chi connectivity index (χ2n) is 5.61. The molecule has 4 heteroatoms. The van der Waals surface area contributed by atoms with Crippen LogP contribution in [-0.2, 0) is 13.0 Å². The minimum absolute atomic E-state index is 0.340. The lowest BCUT2D eigenvalue weighted by Crippen LogP contribution is -2.30. The number of hydrogen-bond acceptors (Lipinski definition) is 4. The predicted octanol–water partition coefficient (Wildman–Crippen LogP) is 4.03. The van der Waals surface area contributed by atoms with Crippen molar-refractivity contribution in [2.45, 2.75) is 39.2 Å². The topological polar surface area (TPSA) is 33.2 Å². The van der Waals surface area contributed by atoms with Crippen molar-refractivity contribution in [3.05, 3.63) is 46.0 Å². The normalized spacial score (nSPS) is 15.6. The Morgan fingerprint density at radius 1 is 1.38 bits per heavy atom. The summed E-state index contributed by atoms with van der Waals surface area (Å²) in [6, 6.07) is 8.58. The van der Waals surface area contributed by atoms with E-state index in [0.717, 1.165) is 47.9 Å². The number of anilines is 1. The summed E-state index contributed by atoms with van der Waals surface area (Å²) in [5, 5.41) is 0.988. The smallest absolute Gasteiger partial charge is 0.186 e. The van der Waals surface area contributed by atoms with Gasteiger partial charge >= 0.3 is 0 Å². The fourth-order valence-corrected chi connectivity index (χ4v) is 3.78. The molecule has 110 valence electrons. The van der Waals surface area contributed by atoms with Crippen LogP contribution in [0.5, 0.6) is 0 Å². The van der Waals surface area contributed by atoms with E-state index in [2.05, 4.69) is 43.0 Å². The van der Waals surface area contributed by atoms with Gasteiger partial charge in [0.2, 0.25) is 0 Å². The summed E-state index contributed by atoms with van der Waals surface area (Å²) in [6.07, 6.45) is 3.01. The molecule has 0 spiro atoms. The number of aldehydes is 1. The second-order valence-corrected chi connectivity index (χ2v) is 6.62. The molecule has 1 aromatic heterocycles. The molecule has 3 rings (SSSR count). The molecule has 0 fully saturated rings. The summed E-state index contributed by atoms with van der Waals surface area (Å²) in [4.78, 5) is 19.1. The molecule has 0 bridgehead atoms. The fourth-order valence-electron chi connectivity index (χ4n) is 2.76. The molecular formula is C17H20N2OS. The van der Waals surface area contributed by atoms with Crippen molar-refractivity contribution >= 4 is 22.8 Å². The molecule has 0 radical (unpaired) electrons. The summed E-state index contributed by atoms with van der Waals surface area (Å²) in [6.45, 7) is 6.14. The first kappa shape index (κ1) is 14.3. The van der Waals surface area contributed by atoms with Gasteiger partial charge in [0.1, 0.15) is 0 Å². The molecule has 0 saturated carbocycles. The maximum absolute atomic E-state index is 11.3. The number of nitrogens with zero attached hydrogens (tertiary/aromatic N) is 2. The van der Waals surface area contributed by atoms with Gasteiger partial charge in [-0.2, -0.15) is 0 Å². The standard InChI is InChI=1S/C17H20N2OS/c1-3-12(2)16-15(11-20)21-17(18-16)19-9-8-13-6-4-5-7-14(13)10-19/h4-7,11-12H,3,8-10H2,1-2H3. The zero-order chi connectivity index (χ0) is 14.8. The Hall–Kier alpha value is -1.68. The Balaban J connectivity index is 1.88. The highest BCUT2D eigenvalue weighted by molar-refractivity contribution is 7.17. The van der Waals surface area contributed by atoms with Crippen molar-refractivity contribution in [1.29, 1.82) is 0 Å². The third-order valence-corrected chi connectivity index (χ3v) is 5.31. The summed E-state index contributed by atoms with van der Waals surface area (Å²) in [5.41, 5.74) is 3.77. The SMILES string of the molecule is CCC(C)c1nc(N2CCc3ccccc3C2)sc1C=O. The van der Waals surface area contributed by atoms with Crippen LogP contribution in [0.4, 0.5) is 5.13 Å². The molecule has 0 N–H and O–H groups in total. The highest BCUT2D eigenvalue weighted by Gasteiger charge is 2.22. The summed E-state index contributed by atoms with van der Waals surface area (Å²) in [5.74, 6) is 0.340. The Kier molecular flexibility index (Phi) is 4.06. The van der Waals surface area contributed by atoms with Crippen LogP contribution in [0, 0.1) is 0 Å². The van der Waals surface area contributed by atoms with Gasteiger partial charge in [-0.1, -0.05) is 49.4 Å². The molecule has 3 nitrogen and oxygen atoms in total. The van der Waals surface area contributed by atoms with Crippen LogP contribution in [0.25, 0.3) is 0 Å². The fraction of sp³-hybridized carbons (Fsp3) is 0.412. The molecule has 1 aromatic carbocycles. The van der Waals surface area contributed by atoms with Gasteiger partial charge in [-0.05, 0) is 29.9 Å². The molecule has 0 amide bonds. The maximum atomic E-state index is 11.3. The van der Waals surface area contributed by atoms with Crippen LogP contribution >= 0.6 is 11.3 Å². The minimum Gasteiger partial charge on any atom is -0.343 e. The first-order chi connectivity index (χ1) is 10.2. The second kappa shape index (κ2) is 5.98. The van der Waals surface area contributed by atoms with E-state index in [1.165, 1.54) is 22.5 Å². The molecule has 21 heavy (non-hydrogen) atoms. The predicted molar refractivity (Wildman–Crippen MR) is 87.4 cm³/mol. The van der Waals surface area contributed by atoms with E-state index in [1.807, 2.05) is 0 Å². The summed E-state index contributed by atoms with van der Waals surface area (Å²) >= 11 is 1.53. The number of carbonyl (C=O) groups excluding carboxylic acids is 1. The van der Waals surface area contributed by atoms with Crippen molar-refractivity contribution < 1.29 is 4.79 Å². The number of carbonyl (C=O) groups is 1. The molecule has 0 saturated heterocycles. The van der Waals surface area contributed by atoms with Crippen LogP contribution < -0.4 is 4.90 Å². The highest BCUT2D eigenvalue weighted by Crippen LogP contribution is 2.33. The monoisotopic (exact) mass is 300 g/mol. The first-order valence-corrected chi connectivity index (χ1v) is 8.32. The quantitative estimate of drug-likeness (QED) is 0.799. The van der Waals surface area contributed by atoms with E-state index < -0.39 is 0 Å². The highest BCUT2D eigenvalue weighted by atomic mass is 32.1. The molecule has 1 aliphatic rings. The Morgan fingerprint density at radius 2 is 2.14 bits per heavy atom. The lowest BCUT2D eigenvalue weighted by molar-refractivity contribution is 0.112. The van der Waals surface area contributed by atoms with E-state index >= 15 is 0 Å². The maximum Gasteiger partial charge on any atom is 0.186 e. The Bertz CT molecular complexity index is 650. The summed E-state index contributed by atoms with van der Waals surface area (Å²) in [7, 11) is 0. The average molecular weight is 300 g/mol. The minimum atomic E-state index is 0.340. The van der Waals surface area contributed by atoms with Gasteiger partial charge in [-0.3, -0.25) is 4.79 Å².